The summed E-state index contributed by atoms with van der Waals surface area (Å²) < 4.78 is 16.3. The first-order chi connectivity index (χ1) is 14.8. The summed E-state index contributed by atoms with van der Waals surface area (Å²) in [6.45, 7) is -0.340. The monoisotopic (exact) mass is 510 g/mol. The van der Waals surface area contributed by atoms with Crippen molar-refractivity contribution in [3.05, 3.63) is 45.9 Å². The second kappa shape index (κ2) is 10.0. The zero-order valence-corrected chi connectivity index (χ0v) is 19.2. The molecule has 1 fully saturated rings. The molecule has 31 heavy (non-hydrogen) atoms. The summed E-state index contributed by atoms with van der Waals surface area (Å²) in [5.41, 5.74) is 1.01. The largest absolute Gasteiger partial charge is 0.497 e. The quantitative estimate of drug-likeness (QED) is 0.570. The van der Waals surface area contributed by atoms with Crippen molar-refractivity contribution in [2.45, 2.75) is 6.42 Å². The second-order valence-corrected chi connectivity index (χ2v) is 7.99. The number of hydrogen-bond acceptors (Lipinski definition) is 6. The molecule has 2 aromatic carbocycles. The number of hydrogen-bond donors (Lipinski definition) is 1. The van der Waals surface area contributed by atoms with E-state index in [1.807, 2.05) is 0 Å². The van der Waals surface area contributed by atoms with E-state index in [-0.39, 0.29) is 18.9 Å². The summed E-state index contributed by atoms with van der Waals surface area (Å²) in [5, 5.41) is 3.04. The van der Waals surface area contributed by atoms with Crippen LogP contribution in [-0.4, -0.2) is 45.2 Å². The summed E-state index contributed by atoms with van der Waals surface area (Å²) in [6, 6.07) is 9.98. The SMILES string of the molecule is COc1ccc(N2C[C@@H](C(=O)OCC(=O)Nc3ccc(Br)c(Cl)c3)CC2=O)c(OC)c1. The number of anilines is 2. The average molecular weight is 512 g/mol. The fourth-order valence-corrected chi connectivity index (χ4v) is 3.56. The molecule has 1 atom stereocenters. The van der Waals surface area contributed by atoms with Crippen LogP contribution in [0.3, 0.4) is 0 Å². The summed E-state index contributed by atoms with van der Waals surface area (Å²) >= 11 is 9.26. The number of carbonyl (C=O) groups excluding carboxylic acids is 3. The highest BCUT2D eigenvalue weighted by atomic mass is 79.9. The third-order valence-electron chi connectivity index (χ3n) is 4.68. The Bertz CT molecular complexity index is 1020. The molecular formula is C21H20BrClN2O6. The van der Waals surface area contributed by atoms with Gasteiger partial charge in [-0.15, -0.1) is 0 Å². The van der Waals surface area contributed by atoms with E-state index in [0.29, 0.717) is 32.4 Å². The van der Waals surface area contributed by atoms with Gasteiger partial charge in [0.05, 0.1) is 30.8 Å². The number of halogens is 2. The Balaban J connectivity index is 1.58. The zero-order valence-electron chi connectivity index (χ0n) is 16.8. The summed E-state index contributed by atoms with van der Waals surface area (Å²) in [5.74, 6) is -1.01. The van der Waals surface area contributed by atoms with E-state index in [1.54, 1.807) is 36.4 Å². The predicted molar refractivity (Wildman–Crippen MR) is 119 cm³/mol. The zero-order chi connectivity index (χ0) is 22.5. The van der Waals surface area contributed by atoms with E-state index in [2.05, 4.69) is 21.2 Å². The van der Waals surface area contributed by atoms with E-state index >= 15 is 0 Å². The molecule has 1 saturated heterocycles. The molecule has 0 unspecified atom stereocenters. The average Bonchev–Trinajstić information content (AvgIpc) is 3.15. The first-order valence-corrected chi connectivity index (χ1v) is 10.4. The molecule has 164 valence electrons. The topological polar surface area (TPSA) is 94.2 Å². The normalized spacial score (nSPS) is 15.5. The Morgan fingerprint density at radius 1 is 1.19 bits per heavy atom. The highest BCUT2D eigenvalue weighted by molar-refractivity contribution is 9.10. The standard InChI is InChI=1S/C21H20BrClN2O6/c1-29-14-4-6-17(18(9-14)30-2)25-10-12(7-20(25)27)21(28)31-11-19(26)24-13-3-5-15(22)16(23)8-13/h3-6,8-9,12H,7,10-11H2,1-2H3,(H,24,26)/t12-/m0/s1. The van der Waals surface area contributed by atoms with Gasteiger partial charge in [-0.05, 0) is 46.3 Å². The van der Waals surface area contributed by atoms with Crippen LogP contribution in [0.1, 0.15) is 6.42 Å². The van der Waals surface area contributed by atoms with Gasteiger partial charge in [0.2, 0.25) is 5.91 Å². The minimum Gasteiger partial charge on any atom is -0.497 e. The molecule has 10 heteroatoms. The van der Waals surface area contributed by atoms with Crippen molar-refractivity contribution < 1.29 is 28.6 Å². The first-order valence-electron chi connectivity index (χ1n) is 9.26. The number of ether oxygens (including phenoxy) is 3. The van der Waals surface area contributed by atoms with E-state index in [0.717, 1.165) is 0 Å². The first kappa shape index (κ1) is 22.9. The van der Waals surface area contributed by atoms with Crippen LogP contribution in [0.4, 0.5) is 11.4 Å². The maximum absolute atomic E-state index is 12.5. The van der Waals surface area contributed by atoms with Crippen LogP contribution < -0.4 is 19.7 Å². The summed E-state index contributed by atoms with van der Waals surface area (Å²) in [6.07, 6.45) is -0.0159. The molecule has 0 aliphatic carbocycles. The maximum atomic E-state index is 12.5. The van der Waals surface area contributed by atoms with Crippen molar-refractivity contribution in [2.75, 3.05) is 37.6 Å². The van der Waals surface area contributed by atoms with E-state index < -0.39 is 24.4 Å². The Kier molecular flexibility index (Phi) is 7.40. The maximum Gasteiger partial charge on any atom is 0.311 e. The van der Waals surface area contributed by atoms with Gasteiger partial charge in [0.25, 0.3) is 5.91 Å². The number of methoxy groups -OCH3 is 2. The lowest BCUT2D eigenvalue weighted by Crippen LogP contribution is -2.28. The molecule has 0 bridgehead atoms. The fourth-order valence-electron chi connectivity index (χ4n) is 3.13. The van der Waals surface area contributed by atoms with Crippen molar-refractivity contribution in [3.63, 3.8) is 0 Å². The van der Waals surface area contributed by atoms with Crippen LogP contribution in [-0.2, 0) is 19.1 Å². The van der Waals surface area contributed by atoms with Gasteiger partial charge >= 0.3 is 5.97 Å². The van der Waals surface area contributed by atoms with Gasteiger partial charge in [-0.25, -0.2) is 0 Å². The van der Waals surface area contributed by atoms with Gasteiger partial charge in [0.1, 0.15) is 11.5 Å². The molecule has 2 aromatic rings. The van der Waals surface area contributed by atoms with Crippen LogP contribution in [0.2, 0.25) is 5.02 Å². The van der Waals surface area contributed by atoms with Crippen LogP contribution in [0, 0.1) is 5.92 Å². The van der Waals surface area contributed by atoms with Crippen molar-refractivity contribution in [2.24, 2.45) is 5.92 Å². The second-order valence-electron chi connectivity index (χ2n) is 6.73. The van der Waals surface area contributed by atoms with Crippen LogP contribution in [0.25, 0.3) is 0 Å². The number of nitrogens with one attached hydrogen (secondary N) is 1. The van der Waals surface area contributed by atoms with Crippen LogP contribution in [0.5, 0.6) is 11.5 Å². The van der Waals surface area contributed by atoms with Gasteiger partial charge < -0.3 is 24.4 Å². The van der Waals surface area contributed by atoms with Crippen molar-refractivity contribution >= 4 is 56.7 Å². The number of nitrogens with zero attached hydrogens (tertiary/aromatic N) is 1. The van der Waals surface area contributed by atoms with Crippen LogP contribution in [0.15, 0.2) is 40.9 Å². The van der Waals surface area contributed by atoms with Gasteiger partial charge in [0.15, 0.2) is 6.61 Å². The minimum absolute atomic E-state index is 0.0159. The summed E-state index contributed by atoms with van der Waals surface area (Å²) in [7, 11) is 3.02. The smallest absolute Gasteiger partial charge is 0.311 e. The van der Waals surface area contributed by atoms with E-state index in [4.69, 9.17) is 25.8 Å². The number of esters is 1. The minimum atomic E-state index is -0.686. The number of carbonyl (C=O) groups is 3. The molecule has 1 heterocycles. The molecule has 1 aliphatic heterocycles. The highest BCUT2D eigenvalue weighted by Crippen LogP contribution is 2.36. The van der Waals surface area contributed by atoms with Crippen molar-refractivity contribution in [1.29, 1.82) is 0 Å². The number of rotatable bonds is 7. The Morgan fingerprint density at radius 3 is 2.65 bits per heavy atom. The molecule has 8 nitrogen and oxygen atoms in total. The molecule has 0 radical (unpaired) electrons. The molecule has 1 aliphatic rings. The van der Waals surface area contributed by atoms with E-state index in [9.17, 15) is 14.4 Å². The fraction of sp³-hybridized carbons (Fsp3) is 0.286. The number of amides is 2. The van der Waals surface area contributed by atoms with E-state index in [1.165, 1.54) is 19.1 Å². The molecule has 2 amide bonds. The molecule has 1 N–H and O–H groups in total. The third kappa shape index (κ3) is 5.48. The van der Waals surface area contributed by atoms with Gasteiger partial charge in [-0.1, -0.05) is 11.6 Å². The lowest BCUT2D eigenvalue weighted by atomic mass is 10.1. The Labute approximate surface area is 192 Å². The lowest BCUT2D eigenvalue weighted by molar-refractivity contribution is -0.151. The molecule has 3 rings (SSSR count). The molecule has 0 spiro atoms. The molecular weight excluding hydrogens is 492 g/mol. The molecule has 0 saturated carbocycles. The third-order valence-corrected chi connectivity index (χ3v) is 5.92. The summed E-state index contributed by atoms with van der Waals surface area (Å²) in [4.78, 5) is 38.4. The molecule has 0 aromatic heterocycles. The van der Waals surface area contributed by atoms with Crippen LogP contribution >= 0.6 is 27.5 Å². The highest BCUT2D eigenvalue weighted by Gasteiger charge is 2.37. The van der Waals surface area contributed by atoms with Crippen molar-refractivity contribution in [3.8, 4) is 11.5 Å². The lowest BCUT2D eigenvalue weighted by Gasteiger charge is -2.20. The van der Waals surface area contributed by atoms with Crippen molar-refractivity contribution in [1.82, 2.24) is 0 Å². The predicted octanol–water partition coefficient (Wildman–Crippen LogP) is 3.65. The van der Waals surface area contributed by atoms with Gasteiger partial charge in [-0.2, -0.15) is 0 Å². The van der Waals surface area contributed by atoms with Gasteiger partial charge in [0, 0.05) is 29.2 Å². The Morgan fingerprint density at radius 2 is 1.97 bits per heavy atom. The van der Waals surface area contributed by atoms with Gasteiger partial charge in [-0.3, -0.25) is 14.4 Å². The Hall–Kier alpha value is -2.78. The number of benzene rings is 2.